The van der Waals surface area contributed by atoms with Crippen LogP contribution in [0.1, 0.15) is 59.3 Å². The van der Waals surface area contributed by atoms with Crippen LogP contribution >= 0.6 is 0 Å². The molecule has 0 radical (unpaired) electrons. The second kappa shape index (κ2) is 7.61. The van der Waals surface area contributed by atoms with Gasteiger partial charge < -0.3 is 39.0 Å². The van der Waals surface area contributed by atoms with Gasteiger partial charge in [-0.05, 0) is 68.8 Å². The van der Waals surface area contributed by atoms with E-state index in [9.17, 15) is 29.7 Å². The average molecular weight is 561 g/mol. The Balaban J connectivity index is 1.16. The standard InChI is InChI=1S/C29H36O11/c1-12-6-18(30)29(35)24(37-12)38-16-8-14-9-19-28(40-19)22(25(14,2)10-17(16)39-29)21(32)23(33)26(3)15(4-5-27(26,28)34)13-7-20(31)36-11-13/h7,12,14-17,19,21-22,24,32,34-35H,4-6,8-11H2,1-3H3. The summed E-state index contributed by atoms with van der Waals surface area (Å²) in [5, 5.41) is 35.6. The third kappa shape index (κ3) is 2.74. The van der Waals surface area contributed by atoms with Crippen LogP contribution in [0.15, 0.2) is 11.6 Å². The second-order valence-corrected chi connectivity index (χ2v) is 14.0. The number of fused-ring (bicyclic) bond motifs is 5. The maximum absolute atomic E-state index is 14.2. The molecule has 8 aliphatic rings. The Bertz CT molecular complexity index is 1260. The van der Waals surface area contributed by atoms with Crippen molar-refractivity contribution in [1.82, 2.24) is 0 Å². The maximum atomic E-state index is 14.2. The van der Waals surface area contributed by atoms with Crippen molar-refractivity contribution in [3.8, 4) is 0 Å². The van der Waals surface area contributed by atoms with E-state index in [-0.39, 0.29) is 25.0 Å². The van der Waals surface area contributed by atoms with Crippen LogP contribution in [-0.4, -0.2) is 93.3 Å². The minimum atomic E-state index is -2.22. The van der Waals surface area contributed by atoms with Gasteiger partial charge in [0.2, 0.25) is 6.29 Å². The minimum absolute atomic E-state index is 0.00195. The number of aliphatic hydroxyl groups is 3. The molecule has 4 heterocycles. The zero-order valence-corrected chi connectivity index (χ0v) is 22.8. The molecule has 11 heteroatoms. The summed E-state index contributed by atoms with van der Waals surface area (Å²) in [5.41, 5.74) is -4.10. The second-order valence-electron chi connectivity index (χ2n) is 14.0. The fourth-order valence-corrected chi connectivity index (χ4v) is 10.4. The molecular weight excluding hydrogens is 524 g/mol. The van der Waals surface area contributed by atoms with Crippen LogP contribution in [0.5, 0.6) is 0 Å². The normalized spacial score (nSPS) is 59.9. The van der Waals surface area contributed by atoms with Crippen LogP contribution in [0.2, 0.25) is 0 Å². The van der Waals surface area contributed by atoms with E-state index in [0.717, 1.165) is 0 Å². The number of ether oxygens (including phenoxy) is 5. The molecule has 0 amide bonds. The van der Waals surface area contributed by atoms with Gasteiger partial charge in [0.25, 0.3) is 5.79 Å². The van der Waals surface area contributed by atoms with Crippen LogP contribution < -0.4 is 0 Å². The molecule has 0 bridgehead atoms. The number of carbonyl (C=O) groups excluding carboxylic acids is 3. The third-order valence-electron chi connectivity index (χ3n) is 12.3. The van der Waals surface area contributed by atoms with Gasteiger partial charge in [-0.15, -0.1) is 0 Å². The summed E-state index contributed by atoms with van der Waals surface area (Å²) < 4.78 is 29.6. The molecule has 218 valence electrons. The van der Waals surface area contributed by atoms with Crippen molar-refractivity contribution in [1.29, 1.82) is 0 Å². The summed E-state index contributed by atoms with van der Waals surface area (Å²) in [4.78, 5) is 38.9. The molecule has 14 atom stereocenters. The molecule has 7 fully saturated rings. The van der Waals surface area contributed by atoms with Crippen LogP contribution in [0.25, 0.3) is 0 Å². The first kappa shape index (κ1) is 25.9. The van der Waals surface area contributed by atoms with Gasteiger partial charge >= 0.3 is 5.97 Å². The van der Waals surface area contributed by atoms with Crippen LogP contribution in [0.3, 0.4) is 0 Å². The highest BCUT2D eigenvalue weighted by Crippen LogP contribution is 2.77. The molecule has 40 heavy (non-hydrogen) atoms. The lowest BCUT2D eigenvalue weighted by Crippen LogP contribution is -2.77. The van der Waals surface area contributed by atoms with E-state index in [2.05, 4.69) is 0 Å². The summed E-state index contributed by atoms with van der Waals surface area (Å²) in [6, 6.07) is 0. The Kier molecular flexibility index (Phi) is 4.93. The van der Waals surface area contributed by atoms with Crippen LogP contribution in [-0.2, 0) is 38.1 Å². The van der Waals surface area contributed by atoms with Crippen molar-refractivity contribution in [2.45, 2.75) is 113 Å². The summed E-state index contributed by atoms with van der Waals surface area (Å²) in [6.45, 7) is 5.53. The Morgan fingerprint density at radius 3 is 2.52 bits per heavy atom. The van der Waals surface area contributed by atoms with Crippen molar-refractivity contribution in [2.75, 3.05) is 6.61 Å². The number of hydrogen-bond donors (Lipinski definition) is 3. The molecule has 8 rings (SSSR count). The van der Waals surface area contributed by atoms with Crippen molar-refractivity contribution in [3.63, 3.8) is 0 Å². The summed E-state index contributed by atoms with van der Waals surface area (Å²) >= 11 is 0. The van der Waals surface area contributed by atoms with E-state index in [0.29, 0.717) is 37.7 Å². The predicted molar refractivity (Wildman–Crippen MR) is 131 cm³/mol. The average Bonchev–Trinajstić information content (AvgIpc) is 3.33. The number of carbonyl (C=O) groups is 3. The number of esters is 1. The Hall–Kier alpha value is -1.73. The quantitative estimate of drug-likeness (QED) is 0.230. The number of aliphatic hydroxyl groups excluding tert-OH is 1. The van der Waals surface area contributed by atoms with Gasteiger partial charge in [-0.3, -0.25) is 9.59 Å². The largest absolute Gasteiger partial charge is 0.458 e. The van der Waals surface area contributed by atoms with Crippen molar-refractivity contribution >= 4 is 17.5 Å². The first-order chi connectivity index (χ1) is 18.8. The molecule has 1 spiro atoms. The number of hydrogen-bond acceptors (Lipinski definition) is 11. The molecule has 14 unspecified atom stereocenters. The molecule has 0 aromatic carbocycles. The fraction of sp³-hybridized carbons (Fsp3) is 0.828. The lowest BCUT2D eigenvalue weighted by molar-refractivity contribution is -0.414. The molecule has 4 saturated carbocycles. The van der Waals surface area contributed by atoms with Gasteiger partial charge in [0.05, 0.1) is 29.8 Å². The topological polar surface area (TPSA) is 161 Å². The lowest BCUT2D eigenvalue weighted by Gasteiger charge is -2.64. The van der Waals surface area contributed by atoms with Gasteiger partial charge in [-0.25, -0.2) is 4.79 Å². The fourth-order valence-electron chi connectivity index (χ4n) is 10.4. The highest BCUT2D eigenvalue weighted by Gasteiger charge is 2.89. The molecule has 11 nitrogen and oxygen atoms in total. The lowest BCUT2D eigenvalue weighted by atomic mass is 9.41. The van der Waals surface area contributed by atoms with E-state index < -0.39 is 87.9 Å². The number of Topliss-reactive ketones (excluding diaryl/α,β-unsaturated/α-hetero) is 2. The SMILES string of the molecule is CC1CC(=O)C2(O)OC3CC4(C)C(CC3OC2O1)CC1OC12C4C(O)C(=O)C1(C)C(C3=CC(=O)OC3)CCC12O. The van der Waals surface area contributed by atoms with Crippen molar-refractivity contribution in [2.24, 2.45) is 28.6 Å². The molecule has 3 saturated heterocycles. The molecule has 4 aliphatic heterocycles. The van der Waals surface area contributed by atoms with Gasteiger partial charge in [-0.1, -0.05) is 6.92 Å². The molecule has 4 aliphatic carbocycles. The molecule has 3 N–H and O–H groups in total. The predicted octanol–water partition coefficient (Wildman–Crippen LogP) is 0.311. The van der Waals surface area contributed by atoms with E-state index >= 15 is 0 Å². The summed E-state index contributed by atoms with van der Waals surface area (Å²) in [7, 11) is 0. The zero-order valence-electron chi connectivity index (χ0n) is 22.8. The maximum Gasteiger partial charge on any atom is 0.331 e. The van der Waals surface area contributed by atoms with E-state index in [1.54, 1.807) is 13.8 Å². The smallest absolute Gasteiger partial charge is 0.331 e. The van der Waals surface area contributed by atoms with E-state index in [1.165, 1.54) is 6.08 Å². The summed E-state index contributed by atoms with van der Waals surface area (Å²) in [6.07, 6.45) is -0.904. The Labute approximate surface area is 231 Å². The van der Waals surface area contributed by atoms with E-state index in [1.807, 2.05) is 6.92 Å². The first-order valence-electron chi connectivity index (χ1n) is 14.5. The Morgan fingerprint density at radius 2 is 1.80 bits per heavy atom. The Morgan fingerprint density at radius 1 is 1.02 bits per heavy atom. The minimum Gasteiger partial charge on any atom is -0.458 e. The van der Waals surface area contributed by atoms with Crippen LogP contribution in [0, 0.1) is 28.6 Å². The number of rotatable bonds is 1. The van der Waals surface area contributed by atoms with Gasteiger partial charge in [0.1, 0.15) is 23.9 Å². The summed E-state index contributed by atoms with van der Waals surface area (Å²) in [5.74, 6) is -4.82. The van der Waals surface area contributed by atoms with Gasteiger partial charge in [0.15, 0.2) is 11.6 Å². The van der Waals surface area contributed by atoms with Crippen molar-refractivity contribution in [3.05, 3.63) is 11.6 Å². The molecular formula is C29H36O11. The molecule has 0 aromatic rings. The van der Waals surface area contributed by atoms with E-state index in [4.69, 9.17) is 23.7 Å². The molecule has 0 aromatic heterocycles. The number of cyclic esters (lactones) is 1. The third-order valence-corrected chi connectivity index (χ3v) is 12.3. The first-order valence-corrected chi connectivity index (χ1v) is 14.5. The van der Waals surface area contributed by atoms with Crippen molar-refractivity contribution < 1.29 is 53.4 Å². The highest BCUT2D eigenvalue weighted by molar-refractivity contribution is 5.94. The monoisotopic (exact) mass is 560 g/mol. The van der Waals surface area contributed by atoms with Crippen LogP contribution in [0.4, 0.5) is 0 Å². The zero-order chi connectivity index (χ0) is 28.2. The number of ketones is 2. The highest BCUT2D eigenvalue weighted by atomic mass is 16.8. The number of epoxide rings is 1. The van der Waals surface area contributed by atoms with Gasteiger partial charge in [-0.2, -0.15) is 0 Å². The van der Waals surface area contributed by atoms with Gasteiger partial charge in [0, 0.05) is 18.4 Å².